The fourth-order valence-corrected chi connectivity index (χ4v) is 2.75. The molecule has 28 heavy (non-hydrogen) atoms. The smallest absolute Gasteiger partial charge is 0.358 e. The van der Waals surface area contributed by atoms with E-state index in [0.29, 0.717) is 5.56 Å². The minimum atomic E-state index is -3.28. The van der Waals surface area contributed by atoms with Crippen LogP contribution in [0.2, 0.25) is 0 Å². The number of aromatic nitrogens is 2. The minimum Gasteiger partial charge on any atom is -0.464 e. The molecular weight excluding hydrogens is 389 g/mol. The summed E-state index contributed by atoms with van der Waals surface area (Å²) >= 11 is 0. The molecule has 3 rings (SSSR count). The number of hydrogen-bond acceptors (Lipinski definition) is 6. The number of nitrogens with zero attached hydrogens (tertiary/aromatic N) is 3. The Bertz CT molecular complexity index is 864. The Kier molecular flexibility index (Phi) is 5.45. The second-order valence-corrected chi connectivity index (χ2v) is 5.92. The van der Waals surface area contributed by atoms with Gasteiger partial charge in [-0.05, 0) is 24.3 Å². The number of esters is 1. The third kappa shape index (κ3) is 3.88. The first-order valence-corrected chi connectivity index (χ1v) is 7.98. The van der Waals surface area contributed by atoms with E-state index >= 15 is 0 Å². The van der Waals surface area contributed by atoms with Gasteiger partial charge in [0, 0.05) is 5.56 Å². The van der Waals surface area contributed by atoms with Crippen LogP contribution in [0.15, 0.2) is 30.5 Å². The van der Waals surface area contributed by atoms with Gasteiger partial charge in [-0.1, -0.05) is 0 Å². The number of ether oxygens (including phenoxy) is 2. The van der Waals surface area contributed by atoms with Crippen LogP contribution in [-0.2, 0) is 9.47 Å². The van der Waals surface area contributed by atoms with E-state index in [1.165, 1.54) is 12.1 Å². The van der Waals surface area contributed by atoms with E-state index in [2.05, 4.69) is 19.4 Å². The fourth-order valence-electron chi connectivity index (χ4n) is 2.75. The van der Waals surface area contributed by atoms with E-state index in [1.54, 1.807) is 0 Å². The lowest BCUT2D eigenvalue weighted by molar-refractivity contribution is -0.166. The van der Waals surface area contributed by atoms with Crippen molar-refractivity contribution in [2.75, 3.05) is 25.2 Å². The summed E-state index contributed by atoms with van der Waals surface area (Å²) in [7, 11) is 1.13. The second kappa shape index (κ2) is 7.66. The Morgan fingerprint density at radius 2 is 2.00 bits per heavy atom. The highest BCUT2D eigenvalue weighted by molar-refractivity contribution is 5.88. The van der Waals surface area contributed by atoms with Crippen molar-refractivity contribution in [2.24, 2.45) is 0 Å². The number of carbonyl (C=O) groups is 1. The zero-order valence-corrected chi connectivity index (χ0v) is 14.4. The first-order chi connectivity index (χ1) is 13.2. The van der Waals surface area contributed by atoms with E-state index in [4.69, 9.17) is 0 Å². The molecule has 1 fully saturated rings. The lowest BCUT2D eigenvalue weighted by Gasteiger charge is -2.48. The molecule has 150 valence electrons. The molecule has 1 aromatic carbocycles. The largest absolute Gasteiger partial charge is 0.464 e. The maximum absolute atomic E-state index is 13.9. The van der Waals surface area contributed by atoms with Crippen molar-refractivity contribution in [3.8, 4) is 11.3 Å². The van der Waals surface area contributed by atoms with Crippen molar-refractivity contribution in [3.05, 3.63) is 42.0 Å². The van der Waals surface area contributed by atoms with Crippen LogP contribution in [0.25, 0.3) is 11.3 Å². The zero-order chi connectivity index (χ0) is 20.5. The molecule has 0 amide bonds. The zero-order valence-electron chi connectivity index (χ0n) is 14.4. The highest BCUT2D eigenvalue weighted by Gasteiger charge is 2.56. The maximum atomic E-state index is 13.9. The third-order valence-electron chi connectivity index (χ3n) is 4.16. The molecule has 2 heterocycles. The number of alkyl halides is 4. The Labute approximate surface area is 155 Å². The molecular formula is C17H14F5N3O3. The molecule has 1 aliphatic heterocycles. The highest BCUT2D eigenvalue weighted by Crippen LogP contribution is 2.41. The number of benzene rings is 1. The van der Waals surface area contributed by atoms with Crippen molar-refractivity contribution in [2.45, 2.75) is 18.6 Å². The second-order valence-electron chi connectivity index (χ2n) is 5.92. The molecule has 2 aromatic rings. The lowest BCUT2D eigenvalue weighted by Crippen LogP contribution is -2.67. The van der Waals surface area contributed by atoms with Crippen molar-refractivity contribution in [1.29, 1.82) is 0 Å². The number of carbonyl (C=O) groups excluding carboxylic acids is 1. The van der Waals surface area contributed by atoms with Crippen LogP contribution in [0.4, 0.5) is 27.8 Å². The fraction of sp³-hybridized carbons (Fsp3) is 0.353. The highest BCUT2D eigenvalue weighted by atomic mass is 19.3. The lowest BCUT2D eigenvalue weighted by atomic mass is 9.97. The van der Waals surface area contributed by atoms with E-state index in [0.717, 1.165) is 30.3 Å². The molecule has 0 aliphatic carbocycles. The molecule has 1 saturated heterocycles. The summed E-state index contributed by atoms with van der Waals surface area (Å²) in [6.07, 6.45) is 1.02. The van der Waals surface area contributed by atoms with Crippen molar-refractivity contribution < 1.29 is 36.2 Å². The van der Waals surface area contributed by atoms with Gasteiger partial charge in [-0.15, -0.1) is 0 Å². The van der Waals surface area contributed by atoms with Gasteiger partial charge in [-0.25, -0.2) is 27.9 Å². The van der Waals surface area contributed by atoms with Gasteiger partial charge in [0.05, 0.1) is 26.5 Å². The molecule has 0 bridgehead atoms. The van der Waals surface area contributed by atoms with Gasteiger partial charge in [0.1, 0.15) is 17.6 Å². The van der Waals surface area contributed by atoms with E-state index < -0.39 is 43.5 Å². The van der Waals surface area contributed by atoms with E-state index in [-0.39, 0.29) is 17.2 Å². The predicted molar refractivity (Wildman–Crippen MR) is 86.8 cm³/mol. The van der Waals surface area contributed by atoms with Crippen LogP contribution >= 0.6 is 0 Å². The van der Waals surface area contributed by atoms with Crippen LogP contribution in [0.3, 0.4) is 0 Å². The van der Waals surface area contributed by atoms with Gasteiger partial charge >= 0.3 is 12.6 Å². The third-order valence-corrected chi connectivity index (χ3v) is 4.16. The van der Waals surface area contributed by atoms with Crippen LogP contribution in [-0.4, -0.2) is 54.8 Å². The molecule has 11 heteroatoms. The monoisotopic (exact) mass is 403 g/mol. The Morgan fingerprint density at radius 1 is 1.32 bits per heavy atom. The van der Waals surface area contributed by atoms with Crippen molar-refractivity contribution in [3.63, 3.8) is 0 Å². The molecule has 0 spiro atoms. The molecule has 1 unspecified atom stereocenters. The van der Waals surface area contributed by atoms with Crippen molar-refractivity contribution in [1.82, 2.24) is 9.97 Å². The molecule has 1 aromatic heterocycles. The van der Waals surface area contributed by atoms with Gasteiger partial charge in [-0.2, -0.15) is 8.78 Å². The van der Waals surface area contributed by atoms with E-state index in [1.807, 2.05) is 0 Å². The average molecular weight is 403 g/mol. The summed E-state index contributed by atoms with van der Waals surface area (Å²) in [5, 5.41) is 0. The minimum absolute atomic E-state index is 0.000414. The molecule has 1 atom stereocenters. The van der Waals surface area contributed by atoms with Crippen LogP contribution in [0, 0.1) is 5.82 Å². The van der Waals surface area contributed by atoms with Gasteiger partial charge in [0.25, 0.3) is 5.92 Å². The first-order valence-electron chi connectivity index (χ1n) is 7.98. The van der Waals surface area contributed by atoms with Crippen LogP contribution < -0.4 is 4.90 Å². The first kappa shape index (κ1) is 19.9. The number of hydrogen-bond donors (Lipinski definition) is 0. The standard InChI is InChI=1S/C17H14F5N3O3/c1-27-15(26)11-6-23-14(13(24-11)9-2-4-10(18)5-3-9)25-8-17(21,22)12(25)7-28-16(19)20/h2-6,12,16H,7-8H2,1H3. The van der Waals surface area contributed by atoms with E-state index in [9.17, 15) is 26.7 Å². The summed E-state index contributed by atoms with van der Waals surface area (Å²) in [6, 6.07) is 3.19. The summed E-state index contributed by atoms with van der Waals surface area (Å²) in [5.41, 5.74) is 0.0945. The Morgan fingerprint density at radius 3 is 2.57 bits per heavy atom. The summed E-state index contributed by atoms with van der Waals surface area (Å²) < 4.78 is 74.2. The van der Waals surface area contributed by atoms with Crippen molar-refractivity contribution >= 4 is 11.8 Å². The number of anilines is 1. The van der Waals surface area contributed by atoms with Crippen LogP contribution in [0.1, 0.15) is 10.5 Å². The Balaban J connectivity index is 2.02. The molecule has 6 nitrogen and oxygen atoms in total. The normalized spacial score (nSPS) is 18.1. The quantitative estimate of drug-likeness (QED) is 0.546. The molecule has 0 saturated carbocycles. The topological polar surface area (TPSA) is 64.5 Å². The van der Waals surface area contributed by atoms with Gasteiger partial charge in [0.15, 0.2) is 11.5 Å². The number of methoxy groups -OCH3 is 1. The molecule has 1 aliphatic rings. The Hall–Kier alpha value is -2.82. The number of halogens is 5. The average Bonchev–Trinajstić information content (AvgIpc) is 2.65. The molecule has 0 radical (unpaired) electrons. The molecule has 0 N–H and O–H groups in total. The maximum Gasteiger partial charge on any atom is 0.358 e. The number of rotatable bonds is 6. The van der Waals surface area contributed by atoms with Gasteiger partial charge in [0.2, 0.25) is 0 Å². The predicted octanol–water partition coefficient (Wildman–Crippen LogP) is 3.13. The summed E-state index contributed by atoms with van der Waals surface area (Å²) in [5.74, 6) is -4.71. The summed E-state index contributed by atoms with van der Waals surface area (Å²) in [6.45, 7) is -4.94. The van der Waals surface area contributed by atoms with Gasteiger partial charge < -0.3 is 14.4 Å². The SMILES string of the molecule is COC(=O)c1cnc(N2CC(F)(F)C2COC(F)F)c(-c2ccc(F)cc2)n1. The van der Waals surface area contributed by atoms with Gasteiger partial charge in [-0.3, -0.25) is 0 Å². The summed E-state index contributed by atoms with van der Waals surface area (Å²) in [4.78, 5) is 20.9. The van der Waals surface area contributed by atoms with Crippen LogP contribution in [0.5, 0.6) is 0 Å².